The summed E-state index contributed by atoms with van der Waals surface area (Å²) in [6.45, 7) is 4.87. The minimum absolute atomic E-state index is 0.0586. The highest BCUT2D eigenvalue weighted by molar-refractivity contribution is 5.90. The van der Waals surface area contributed by atoms with Crippen molar-refractivity contribution in [2.45, 2.75) is 50.9 Å². The third kappa shape index (κ3) is 1.11. The molecular formula is C15H20O4. The van der Waals surface area contributed by atoms with Gasteiger partial charge in [-0.3, -0.25) is 4.79 Å². The van der Waals surface area contributed by atoms with Crippen molar-refractivity contribution in [3.8, 4) is 0 Å². The number of ketones is 1. The van der Waals surface area contributed by atoms with Crippen LogP contribution < -0.4 is 0 Å². The van der Waals surface area contributed by atoms with E-state index in [0.717, 1.165) is 12.8 Å². The minimum atomic E-state index is -0.456. The number of aliphatic hydroxyl groups excluding tert-OH is 1. The number of Topliss-reactive ketones (excluding diaryl/α,β-unsaturated/α-hetero) is 1. The predicted molar refractivity (Wildman–Crippen MR) is 67.6 cm³/mol. The van der Waals surface area contributed by atoms with Crippen molar-refractivity contribution in [1.82, 2.24) is 0 Å². The lowest BCUT2D eigenvalue weighted by Gasteiger charge is -2.56. The fourth-order valence-electron chi connectivity index (χ4n) is 4.78. The molecule has 5 atom stereocenters. The summed E-state index contributed by atoms with van der Waals surface area (Å²) in [6.07, 6.45) is 3.84. The summed E-state index contributed by atoms with van der Waals surface area (Å²) < 4.78 is 11.8. The Morgan fingerprint density at radius 1 is 1.53 bits per heavy atom. The van der Waals surface area contributed by atoms with Gasteiger partial charge in [-0.15, -0.1) is 0 Å². The third-order valence-corrected chi connectivity index (χ3v) is 6.24. The van der Waals surface area contributed by atoms with E-state index in [4.69, 9.17) is 9.47 Å². The molecule has 2 heterocycles. The average Bonchev–Trinajstić information content (AvgIpc) is 3.13. The molecule has 0 aromatic rings. The van der Waals surface area contributed by atoms with Crippen molar-refractivity contribution in [2.24, 2.45) is 10.8 Å². The van der Waals surface area contributed by atoms with E-state index < -0.39 is 11.7 Å². The number of aliphatic hydroxyl groups is 1. The van der Waals surface area contributed by atoms with Gasteiger partial charge in [-0.05, 0) is 19.8 Å². The number of hydrogen-bond donors (Lipinski definition) is 1. The maximum Gasteiger partial charge on any atom is 0.165 e. The van der Waals surface area contributed by atoms with E-state index in [2.05, 4.69) is 19.9 Å². The quantitative estimate of drug-likeness (QED) is 0.571. The molecule has 4 heteroatoms. The van der Waals surface area contributed by atoms with Gasteiger partial charge in [0, 0.05) is 17.3 Å². The number of hydrogen-bond acceptors (Lipinski definition) is 4. The number of carbonyl (C=O) groups is 1. The fraction of sp³-hybridized carbons (Fsp3) is 0.800. The first-order chi connectivity index (χ1) is 8.99. The van der Waals surface area contributed by atoms with Crippen LogP contribution >= 0.6 is 0 Å². The summed E-state index contributed by atoms with van der Waals surface area (Å²) in [5.41, 5.74) is 0.169. The second-order valence-corrected chi connectivity index (χ2v) is 6.92. The Bertz CT molecular complexity index is 492. The SMILES string of the molecule is CC1=C[C@H]2O[C@@H]3C(=O)C[C@](C)([C@@]2(CO)CC1)[C@]31CO1. The molecule has 4 aliphatic rings. The van der Waals surface area contributed by atoms with Crippen LogP contribution in [0.15, 0.2) is 11.6 Å². The second-order valence-electron chi connectivity index (χ2n) is 6.92. The number of epoxide rings is 1. The Morgan fingerprint density at radius 2 is 2.26 bits per heavy atom. The van der Waals surface area contributed by atoms with Gasteiger partial charge < -0.3 is 14.6 Å². The molecule has 1 N–H and O–H groups in total. The van der Waals surface area contributed by atoms with E-state index in [9.17, 15) is 9.90 Å². The molecule has 3 fully saturated rings. The highest BCUT2D eigenvalue weighted by atomic mass is 16.6. The zero-order valence-corrected chi connectivity index (χ0v) is 11.4. The summed E-state index contributed by atoms with van der Waals surface area (Å²) in [5.74, 6) is 0.147. The van der Waals surface area contributed by atoms with Crippen LogP contribution in [-0.2, 0) is 14.3 Å². The molecule has 0 aromatic heterocycles. The van der Waals surface area contributed by atoms with Crippen LogP contribution in [0.3, 0.4) is 0 Å². The van der Waals surface area contributed by atoms with Gasteiger partial charge in [0.1, 0.15) is 11.7 Å². The summed E-state index contributed by atoms with van der Waals surface area (Å²) in [4.78, 5) is 12.3. The summed E-state index contributed by atoms with van der Waals surface area (Å²) in [6, 6.07) is 0. The Kier molecular flexibility index (Phi) is 2.09. The molecule has 2 aliphatic heterocycles. The normalized spacial score (nSPS) is 55.1. The van der Waals surface area contributed by atoms with Crippen LogP contribution in [0.4, 0.5) is 0 Å². The van der Waals surface area contributed by atoms with E-state index in [1.165, 1.54) is 5.57 Å². The highest BCUT2D eigenvalue weighted by Gasteiger charge is 2.81. The second kappa shape index (κ2) is 3.30. The lowest BCUT2D eigenvalue weighted by Crippen LogP contribution is -2.64. The van der Waals surface area contributed by atoms with Gasteiger partial charge in [-0.25, -0.2) is 0 Å². The van der Waals surface area contributed by atoms with E-state index >= 15 is 0 Å². The molecule has 0 unspecified atom stereocenters. The number of allylic oxidation sites excluding steroid dienone is 1. The molecule has 4 nitrogen and oxygen atoms in total. The monoisotopic (exact) mass is 264 g/mol. The van der Waals surface area contributed by atoms with Crippen molar-refractivity contribution in [1.29, 1.82) is 0 Å². The molecule has 0 radical (unpaired) electrons. The van der Waals surface area contributed by atoms with Crippen LogP contribution in [0, 0.1) is 10.8 Å². The molecule has 0 amide bonds. The average molecular weight is 264 g/mol. The Hall–Kier alpha value is -0.710. The van der Waals surface area contributed by atoms with Gasteiger partial charge in [0.15, 0.2) is 5.78 Å². The van der Waals surface area contributed by atoms with Crippen molar-refractivity contribution in [2.75, 3.05) is 13.2 Å². The zero-order valence-electron chi connectivity index (χ0n) is 11.4. The van der Waals surface area contributed by atoms with Crippen LogP contribution in [0.5, 0.6) is 0 Å². The Morgan fingerprint density at radius 3 is 2.89 bits per heavy atom. The highest BCUT2D eigenvalue weighted by Crippen LogP contribution is 2.70. The topological polar surface area (TPSA) is 59.1 Å². The lowest BCUT2D eigenvalue weighted by molar-refractivity contribution is -0.210. The van der Waals surface area contributed by atoms with Crippen molar-refractivity contribution < 1.29 is 19.4 Å². The molecule has 4 rings (SSSR count). The molecule has 104 valence electrons. The van der Waals surface area contributed by atoms with Crippen molar-refractivity contribution in [3.05, 3.63) is 11.6 Å². The summed E-state index contributed by atoms with van der Waals surface area (Å²) in [7, 11) is 0. The first kappa shape index (κ1) is 12.1. The molecule has 1 spiro atoms. The van der Waals surface area contributed by atoms with Gasteiger partial charge in [-0.1, -0.05) is 18.6 Å². The zero-order chi connectivity index (χ0) is 13.5. The summed E-state index contributed by atoms with van der Waals surface area (Å²) in [5, 5.41) is 10.1. The van der Waals surface area contributed by atoms with Gasteiger partial charge in [-0.2, -0.15) is 0 Å². The Labute approximate surface area is 112 Å². The number of rotatable bonds is 1. The van der Waals surface area contributed by atoms with Gasteiger partial charge in [0.2, 0.25) is 0 Å². The lowest BCUT2D eigenvalue weighted by atomic mass is 9.52. The molecular weight excluding hydrogens is 244 g/mol. The van der Waals surface area contributed by atoms with Crippen LogP contribution in [0.25, 0.3) is 0 Å². The maximum absolute atomic E-state index is 12.3. The molecule has 19 heavy (non-hydrogen) atoms. The van der Waals surface area contributed by atoms with Crippen LogP contribution in [0.2, 0.25) is 0 Å². The van der Waals surface area contributed by atoms with Crippen LogP contribution in [0.1, 0.15) is 33.1 Å². The summed E-state index contributed by atoms with van der Waals surface area (Å²) >= 11 is 0. The number of fused-ring (bicyclic) bond motifs is 2. The molecule has 2 saturated heterocycles. The standard InChI is InChI=1S/C15H20O4/c1-9-3-4-14(7-16)11(5-9)19-12-10(17)6-13(14,2)15(12)8-18-15/h5,11-12,16H,3-4,6-8H2,1-2H3/t11-,12-,13-,14-,15+/m1/s1. The van der Waals surface area contributed by atoms with E-state index in [1.54, 1.807) is 0 Å². The number of ether oxygens (including phenoxy) is 2. The van der Waals surface area contributed by atoms with E-state index in [0.29, 0.717) is 13.0 Å². The van der Waals surface area contributed by atoms with Crippen molar-refractivity contribution >= 4 is 5.78 Å². The first-order valence-corrected chi connectivity index (χ1v) is 7.09. The Balaban J connectivity index is 1.90. The van der Waals surface area contributed by atoms with Crippen molar-refractivity contribution in [3.63, 3.8) is 0 Å². The van der Waals surface area contributed by atoms with Gasteiger partial charge >= 0.3 is 0 Å². The van der Waals surface area contributed by atoms with E-state index in [1.807, 2.05) is 0 Å². The molecule has 1 saturated carbocycles. The number of carbonyl (C=O) groups excluding carboxylic acids is 1. The molecule has 0 aromatic carbocycles. The van der Waals surface area contributed by atoms with Gasteiger partial charge in [0.25, 0.3) is 0 Å². The van der Waals surface area contributed by atoms with E-state index in [-0.39, 0.29) is 29.3 Å². The fourth-order valence-corrected chi connectivity index (χ4v) is 4.78. The smallest absolute Gasteiger partial charge is 0.165 e. The molecule has 2 bridgehead atoms. The van der Waals surface area contributed by atoms with Gasteiger partial charge in [0.05, 0.1) is 19.3 Å². The largest absolute Gasteiger partial charge is 0.396 e. The molecule has 2 aliphatic carbocycles. The first-order valence-electron chi connectivity index (χ1n) is 7.09. The maximum atomic E-state index is 12.3. The third-order valence-electron chi connectivity index (χ3n) is 6.24. The van der Waals surface area contributed by atoms with Crippen LogP contribution in [-0.4, -0.2) is 41.9 Å². The predicted octanol–water partition coefficient (Wildman–Crippen LogP) is 1.22. The minimum Gasteiger partial charge on any atom is -0.396 e.